The molecule has 3 aromatic heterocycles. The first-order chi connectivity index (χ1) is 15.4. The third kappa shape index (κ3) is 2.78. The predicted octanol–water partition coefficient (Wildman–Crippen LogP) is 2.19. The number of piperidine rings is 1. The summed E-state index contributed by atoms with van der Waals surface area (Å²) in [6.07, 6.45) is 3.77. The van der Waals surface area contributed by atoms with E-state index in [2.05, 4.69) is 30.5 Å². The highest BCUT2D eigenvalue weighted by Gasteiger charge is 2.75. The lowest BCUT2D eigenvalue weighted by atomic mass is 9.71. The Bertz CT molecular complexity index is 1180. The van der Waals surface area contributed by atoms with Crippen LogP contribution in [0.3, 0.4) is 0 Å². The van der Waals surface area contributed by atoms with Crippen LogP contribution in [0.15, 0.2) is 43.1 Å². The molecule has 32 heavy (non-hydrogen) atoms. The highest BCUT2D eigenvalue weighted by atomic mass is 19.4. The molecule has 4 atom stereocenters. The van der Waals surface area contributed by atoms with E-state index in [9.17, 15) is 18.0 Å². The number of anilines is 1. The standard InChI is InChI=1S/C20H17F3N8O/c21-20(22,23)14-8-26-15(9-25-14)29-13-7-19-6-11(19)10-30(16(13)19)18(32)12-2-1-3-24-17(12)31-27-4-5-28-31/h1-5,8-9,11,13,16H,6-7,10H2,(H,26,29). The minimum absolute atomic E-state index is 0.0669. The number of nitrogens with one attached hydrogen (secondary N) is 1. The van der Waals surface area contributed by atoms with Crippen molar-refractivity contribution in [3.05, 3.63) is 54.4 Å². The average Bonchev–Trinajstić information content (AvgIpc) is 3.14. The van der Waals surface area contributed by atoms with E-state index in [1.807, 2.05) is 4.90 Å². The van der Waals surface area contributed by atoms with Crippen LogP contribution in [0.1, 0.15) is 28.9 Å². The number of hydrogen-bond acceptors (Lipinski definition) is 7. The second kappa shape index (κ2) is 6.47. The van der Waals surface area contributed by atoms with E-state index in [0.29, 0.717) is 30.0 Å². The normalized spacial score (nSPS) is 28.0. The lowest BCUT2D eigenvalue weighted by Gasteiger charge is -2.48. The van der Waals surface area contributed by atoms with Gasteiger partial charge >= 0.3 is 6.18 Å². The molecule has 0 bridgehead atoms. The fourth-order valence-corrected chi connectivity index (χ4v) is 5.30. The molecule has 1 saturated heterocycles. The third-order valence-electron chi connectivity index (χ3n) is 6.76. The largest absolute Gasteiger partial charge is 0.434 e. The van der Waals surface area contributed by atoms with E-state index in [4.69, 9.17) is 0 Å². The summed E-state index contributed by atoms with van der Waals surface area (Å²) in [4.78, 5) is 28.3. The molecule has 6 rings (SSSR count). The van der Waals surface area contributed by atoms with Gasteiger partial charge in [-0.3, -0.25) is 4.79 Å². The zero-order valence-corrected chi connectivity index (χ0v) is 16.6. The Morgan fingerprint density at radius 3 is 2.62 bits per heavy atom. The number of rotatable bonds is 4. The van der Waals surface area contributed by atoms with Crippen LogP contribution in [-0.4, -0.2) is 59.4 Å². The van der Waals surface area contributed by atoms with Gasteiger partial charge in [0.05, 0.1) is 36.4 Å². The van der Waals surface area contributed by atoms with E-state index in [-0.39, 0.29) is 29.2 Å². The number of amides is 1. The summed E-state index contributed by atoms with van der Waals surface area (Å²) in [6, 6.07) is 3.22. The number of nitrogens with zero attached hydrogens (tertiary/aromatic N) is 7. The Balaban J connectivity index is 1.24. The molecule has 4 unspecified atom stereocenters. The molecule has 3 fully saturated rings. The van der Waals surface area contributed by atoms with Crippen molar-refractivity contribution in [3.63, 3.8) is 0 Å². The number of hydrogen-bond donors (Lipinski definition) is 1. The van der Waals surface area contributed by atoms with Crippen LogP contribution in [0.25, 0.3) is 5.82 Å². The molecule has 0 radical (unpaired) electrons. The van der Waals surface area contributed by atoms with Crippen LogP contribution in [0.2, 0.25) is 0 Å². The Morgan fingerprint density at radius 2 is 1.91 bits per heavy atom. The maximum absolute atomic E-state index is 13.5. The monoisotopic (exact) mass is 442 g/mol. The number of halogens is 3. The maximum Gasteiger partial charge on any atom is 0.434 e. The van der Waals surface area contributed by atoms with Crippen LogP contribution in [0.5, 0.6) is 0 Å². The summed E-state index contributed by atoms with van der Waals surface area (Å²) < 4.78 is 38.2. The predicted molar refractivity (Wildman–Crippen MR) is 104 cm³/mol. The SMILES string of the molecule is O=C(c1cccnc1-n1nccn1)N1CC2CC23CC(Nc2cnc(C(F)(F)F)cn2)C13. The van der Waals surface area contributed by atoms with Gasteiger partial charge in [-0.15, -0.1) is 4.80 Å². The zero-order chi connectivity index (χ0) is 22.1. The van der Waals surface area contributed by atoms with E-state index >= 15 is 0 Å². The molecule has 3 aromatic rings. The van der Waals surface area contributed by atoms with Gasteiger partial charge in [0.2, 0.25) is 0 Å². The van der Waals surface area contributed by atoms with Gasteiger partial charge in [0.15, 0.2) is 11.5 Å². The van der Waals surface area contributed by atoms with Gasteiger partial charge in [-0.1, -0.05) is 0 Å². The van der Waals surface area contributed by atoms with E-state index in [0.717, 1.165) is 19.0 Å². The van der Waals surface area contributed by atoms with Crippen molar-refractivity contribution in [3.8, 4) is 5.82 Å². The van der Waals surface area contributed by atoms with Crippen LogP contribution in [0.4, 0.5) is 19.0 Å². The summed E-state index contributed by atoms with van der Waals surface area (Å²) >= 11 is 0. The molecular formula is C20H17F3N8O. The Morgan fingerprint density at radius 1 is 1.09 bits per heavy atom. The number of pyridine rings is 1. The van der Waals surface area contributed by atoms with Crippen molar-refractivity contribution in [1.82, 2.24) is 34.8 Å². The minimum Gasteiger partial charge on any atom is -0.364 e. The molecule has 1 amide bonds. The van der Waals surface area contributed by atoms with Crippen molar-refractivity contribution >= 4 is 11.7 Å². The molecule has 1 N–H and O–H groups in total. The minimum atomic E-state index is -4.53. The first kappa shape index (κ1) is 19.1. The van der Waals surface area contributed by atoms with E-state index < -0.39 is 11.9 Å². The van der Waals surface area contributed by atoms with Crippen molar-refractivity contribution in [2.45, 2.75) is 31.1 Å². The number of alkyl halides is 3. The topological polar surface area (TPSA) is 102 Å². The fourth-order valence-electron chi connectivity index (χ4n) is 5.30. The van der Waals surface area contributed by atoms with Crippen LogP contribution in [0, 0.1) is 11.3 Å². The average molecular weight is 442 g/mol. The second-order valence-electron chi connectivity index (χ2n) is 8.47. The van der Waals surface area contributed by atoms with Crippen LogP contribution >= 0.6 is 0 Å². The molecule has 1 spiro atoms. The van der Waals surface area contributed by atoms with Gasteiger partial charge in [0, 0.05) is 18.8 Å². The summed E-state index contributed by atoms with van der Waals surface area (Å²) in [5.41, 5.74) is -0.552. The maximum atomic E-state index is 13.5. The molecule has 0 aromatic carbocycles. The highest BCUT2D eigenvalue weighted by Crippen LogP contribution is 2.71. The summed E-state index contributed by atoms with van der Waals surface area (Å²) in [5.74, 6) is 0.898. The quantitative estimate of drug-likeness (QED) is 0.661. The third-order valence-corrected chi connectivity index (χ3v) is 6.76. The Kier molecular flexibility index (Phi) is 3.87. The van der Waals surface area contributed by atoms with Gasteiger partial charge in [-0.05, 0) is 36.3 Å². The van der Waals surface area contributed by atoms with Gasteiger partial charge in [-0.25, -0.2) is 15.0 Å². The molecule has 2 saturated carbocycles. The van der Waals surface area contributed by atoms with Crippen molar-refractivity contribution in [2.75, 3.05) is 11.9 Å². The molecule has 12 heteroatoms. The van der Waals surface area contributed by atoms with E-state index in [1.165, 1.54) is 17.2 Å². The van der Waals surface area contributed by atoms with Gasteiger partial charge in [0.25, 0.3) is 5.91 Å². The zero-order valence-electron chi connectivity index (χ0n) is 16.6. The lowest BCUT2D eigenvalue weighted by molar-refractivity contribution is -0.141. The van der Waals surface area contributed by atoms with E-state index in [1.54, 1.807) is 18.3 Å². The van der Waals surface area contributed by atoms with Crippen molar-refractivity contribution < 1.29 is 18.0 Å². The molecule has 1 aliphatic heterocycles. The Hall–Kier alpha value is -3.57. The summed E-state index contributed by atoms with van der Waals surface area (Å²) in [6.45, 7) is 0.640. The molecule has 2 aliphatic carbocycles. The number of carbonyl (C=O) groups excluding carboxylic acids is 1. The van der Waals surface area contributed by atoms with Crippen LogP contribution < -0.4 is 5.32 Å². The van der Waals surface area contributed by atoms with Gasteiger partial charge in [0.1, 0.15) is 5.82 Å². The molecule has 9 nitrogen and oxygen atoms in total. The first-order valence-corrected chi connectivity index (χ1v) is 10.2. The fraction of sp³-hybridized carbons (Fsp3) is 0.400. The van der Waals surface area contributed by atoms with Crippen molar-refractivity contribution in [2.24, 2.45) is 11.3 Å². The molecule has 3 aliphatic rings. The summed E-state index contributed by atoms with van der Waals surface area (Å²) in [7, 11) is 0. The number of aromatic nitrogens is 6. The van der Waals surface area contributed by atoms with Gasteiger partial charge in [-0.2, -0.15) is 23.4 Å². The first-order valence-electron chi connectivity index (χ1n) is 10.2. The van der Waals surface area contributed by atoms with Gasteiger partial charge < -0.3 is 10.2 Å². The smallest absolute Gasteiger partial charge is 0.364 e. The Labute approximate surface area is 179 Å². The number of likely N-dealkylation sites (tertiary alicyclic amines) is 1. The van der Waals surface area contributed by atoms with Crippen molar-refractivity contribution in [1.29, 1.82) is 0 Å². The summed E-state index contributed by atoms with van der Waals surface area (Å²) in [5, 5.41) is 11.4. The highest BCUT2D eigenvalue weighted by molar-refractivity contribution is 5.98. The lowest BCUT2D eigenvalue weighted by Crippen LogP contribution is -2.60. The molecule has 4 heterocycles. The number of carbonyl (C=O) groups is 1. The molecule has 164 valence electrons. The van der Waals surface area contributed by atoms with Crippen LogP contribution in [-0.2, 0) is 6.18 Å². The second-order valence-corrected chi connectivity index (χ2v) is 8.47. The molecular weight excluding hydrogens is 425 g/mol.